The molecule has 0 amide bonds. The average molecular weight is 208 g/mol. The summed E-state index contributed by atoms with van der Waals surface area (Å²) in [6, 6.07) is 8.59. The van der Waals surface area contributed by atoms with Crippen LogP contribution in [0.5, 0.6) is 5.75 Å². The molecule has 1 aromatic carbocycles. The number of para-hydroxylation sites is 1. The molecule has 3 N–H and O–H groups in total. The molecule has 0 saturated carbocycles. The van der Waals surface area contributed by atoms with Crippen molar-refractivity contribution in [2.75, 3.05) is 13.7 Å². The van der Waals surface area contributed by atoms with E-state index in [0.717, 1.165) is 5.75 Å². The van der Waals surface area contributed by atoms with Crippen molar-refractivity contribution in [1.29, 1.82) is 0 Å². The zero-order valence-corrected chi connectivity index (χ0v) is 9.66. The summed E-state index contributed by atoms with van der Waals surface area (Å²) in [4.78, 5) is 0. The van der Waals surface area contributed by atoms with Crippen molar-refractivity contribution in [3.05, 3.63) is 29.8 Å². The first-order valence-corrected chi connectivity index (χ1v) is 5.28. The number of rotatable bonds is 5. The van der Waals surface area contributed by atoms with Gasteiger partial charge in [-0.2, -0.15) is 0 Å². The summed E-state index contributed by atoms with van der Waals surface area (Å²) < 4.78 is 5.31. The van der Waals surface area contributed by atoms with Crippen LogP contribution < -0.4 is 15.8 Å². The van der Waals surface area contributed by atoms with Crippen LogP contribution in [0.4, 0.5) is 0 Å². The van der Waals surface area contributed by atoms with Crippen molar-refractivity contribution in [2.45, 2.75) is 25.9 Å². The number of hydrogen-bond acceptors (Lipinski definition) is 3. The first-order chi connectivity index (χ1) is 7.19. The Balaban J connectivity index is 2.76. The van der Waals surface area contributed by atoms with Crippen LogP contribution in [-0.4, -0.2) is 19.7 Å². The Kier molecular flexibility index (Phi) is 4.59. The maximum atomic E-state index is 5.58. The second-order valence-electron chi connectivity index (χ2n) is 3.77. The molecule has 0 heterocycles. The fraction of sp³-hybridized carbons (Fsp3) is 0.500. The minimum Gasteiger partial charge on any atom is -0.496 e. The van der Waals surface area contributed by atoms with Crippen molar-refractivity contribution < 1.29 is 4.74 Å². The van der Waals surface area contributed by atoms with Gasteiger partial charge in [-0.25, -0.2) is 0 Å². The molecular weight excluding hydrogens is 188 g/mol. The van der Waals surface area contributed by atoms with Crippen LogP contribution in [-0.2, 0) is 0 Å². The van der Waals surface area contributed by atoms with Gasteiger partial charge in [0, 0.05) is 24.2 Å². The van der Waals surface area contributed by atoms with Crippen molar-refractivity contribution in [2.24, 2.45) is 5.73 Å². The second-order valence-corrected chi connectivity index (χ2v) is 3.77. The number of benzene rings is 1. The predicted octanol–water partition coefficient (Wildman–Crippen LogP) is 1.69. The maximum Gasteiger partial charge on any atom is 0.123 e. The Hall–Kier alpha value is -1.06. The van der Waals surface area contributed by atoms with Gasteiger partial charge in [-0.05, 0) is 19.9 Å². The molecule has 0 saturated heterocycles. The minimum absolute atomic E-state index is 0.250. The molecule has 0 aromatic heterocycles. The van der Waals surface area contributed by atoms with E-state index in [1.54, 1.807) is 7.11 Å². The lowest BCUT2D eigenvalue weighted by Gasteiger charge is -2.20. The Morgan fingerprint density at radius 2 is 2.00 bits per heavy atom. The molecule has 1 aromatic rings. The fourth-order valence-electron chi connectivity index (χ4n) is 1.61. The van der Waals surface area contributed by atoms with Crippen LogP contribution in [0.15, 0.2) is 24.3 Å². The number of methoxy groups -OCH3 is 1. The summed E-state index contributed by atoms with van der Waals surface area (Å²) >= 11 is 0. The lowest BCUT2D eigenvalue weighted by atomic mass is 10.1. The Morgan fingerprint density at radius 1 is 1.33 bits per heavy atom. The highest BCUT2D eigenvalue weighted by Gasteiger charge is 2.11. The average Bonchev–Trinajstić information content (AvgIpc) is 2.28. The van der Waals surface area contributed by atoms with E-state index < -0.39 is 0 Å². The van der Waals surface area contributed by atoms with Crippen LogP contribution in [0.3, 0.4) is 0 Å². The molecule has 0 aliphatic heterocycles. The van der Waals surface area contributed by atoms with Crippen LogP contribution >= 0.6 is 0 Å². The van der Waals surface area contributed by atoms with E-state index in [9.17, 15) is 0 Å². The molecule has 3 heteroatoms. The molecule has 3 nitrogen and oxygen atoms in total. The van der Waals surface area contributed by atoms with Crippen LogP contribution in [0, 0.1) is 0 Å². The second kappa shape index (κ2) is 5.73. The molecule has 0 aliphatic carbocycles. The quantitative estimate of drug-likeness (QED) is 0.774. The van der Waals surface area contributed by atoms with Gasteiger partial charge in [-0.3, -0.25) is 0 Å². The van der Waals surface area contributed by atoms with Crippen molar-refractivity contribution in [3.8, 4) is 5.75 Å². The van der Waals surface area contributed by atoms with Gasteiger partial charge in [0.15, 0.2) is 0 Å². The van der Waals surface area contributed by atoms with Crippen LogP contribution in [0.25, 0.3) is 0 Å². The van der Waals surface area contributed by atoms with E-state index in [1.165, 1.54) is 5.56 Å². The molecule has 0 radical (unpaired) electrons. The van der Waals surface area contributed by atoms with E-state index in [2.05, 4.69) is 25.2 Å². The zero-order valence-electron chi connectivity index (χ0n) is 9.66. The number of nitrogens with two attached hydrogens (primary N) is 1. The lowest BCUT2D eigenvalue weighted by Crippen LogP contribution is -2.35. The maximum absolute atomic E-state index is 5.58. The van der Waals surface area contributed by atoms with Gasteiger partial charge in [-0.1, -0.05) is 18.2 Å². The summed E-state index contributed by atoms with van der Waals surface area (Å²) in [5.74, 6) is 0.918. The van der Waals surface area contributed by atoms with Gasteiger partial charge in [0.05, 0.1) is 7.11 Å². The fourth-order valence-corrected chi connectivity index (χ4v) is 1.61. The van der Waals surface area contributed by atoms with E-state index in [-0.39, 0.29) is 6.04 Å². The molecule has 2 atom stereocenters. The monoisotopic (exact) mass is 208 g/mol. The highest BCUT2D eigenvalue weighted by molar-refractivity contribution is 5.35. The summed E-state index contributed by atoms with van der Waals surface area (Å²) in [6.45, 7) is 4.83. The molecule has 1 unspecified atom stereocenters. The number of nitrogens with one attached hydrogen (secondary N) is 1. The molecule has 0 fully saturated rings. The van der Waals surface area contributed by atoms with Crippen molar-refractivity contribution in [3.63, 3.8) is 0 Å². The lowest BCUT2D eigenvalue weighted by molar-refractivity contribution is 0.396. The molecule has 0 bridgehead atoms. The van der Waals surface area contributed by atoms with E-state index in [1.807, 2.05) is 18.2 Å². The van der Waals surface area contributed by atoms with Crippen molar-refractivity contribution in [1.82, 2.24) is 5.32 Å². The minimum atomic E-state index is 0.250. The normalized spacial score (nSPS) is 14.7. The SMILES string of the molecule is COc1ccccc1[C@H](C)NC(C)CN. The first-order valence-electron chi connectivity index (χ1n) is 5.28. The third-order valence-electron chi connectivity index (χ3n) is 2.49. The summed E-state index contributed by atoms with van der Waals surface area (Å²) in [5, 5.41) is 3.42. The molecule has 0 aliphatic rings. The van der Waals surface area contributed by atoms with Crippen molar-refractivity contribution >= 4 is 0 Å². The van der Waals surface area contributed by atoms with Gasteiger partial charge in [0.1, 0.15) is 5.75 Å². The highest BCUT2D eigenvalue weighted by Crippen LogP contribution is 2.24. The van der Waals surface area contributed by atoms with Gasteiger partial charge in [0.25, 0.3) is 0 Å². The van der Waals surface area contributed by atoms with Crippen LogP contribution in [0.2, 0.25) is 0 Å². The third-order valence-corrected chi connectivity index (χ3v) is 2.49. The largest absolute Gasteiger partial charge is 0.496 e. The summed E-state index contributed by atoms with van der Waals surface area (Å²) in [6.07, 6.45) is 0. The smallest absolute Gasteiger partial charge is 0.123 e. The topological polar surface area (TPSA) is 47.3 Å². The first kappa shape index (κ1) is 12.0. The van der Waals surface area contributed by atoms with E-state index in [4.69, 9.17) is 10.5 Å². The molecular formula is C12H20N2O. The summed E-state index contributed by atoms with van der Waals surface area (Å²) in [7, 11) is 1.69. The van der Waals surface area contributed by atoms with E-state index >= 15 is 0 Å². The summed E-state index contributed by atoms with van der Waals surface area (Å²) in [5.41, 5.74) is 6.74. The Bertz CT molecular complexity index is 301. The zero-order chi connectivity index (χ0) is 11.3. The highest BCUT2D eigenvalue weighted by atomic mass is 16.5. The number of hydrogen-bond donors (Lipinski definition) is 2. The van der Waals surface area contributed by atoms with E-state index in [0.29, 0.717) is 12.6 Å². The van der Waals surface area contributed by atoms with Gasteiger partial charge in [-0.15, -0.1) is 0 Å². The van der Waals surface area contributed by atoms with Gasteiger partial charge < -0.3 is 15.8 Å². The van der Waals surface area contributed by atoms with Gasteiger partial charge >= 0.3 is 0 Å². The van der Waals surface area contributed by atoms with Gasteiger partial charge in [0.2, 0.25) is 0 Å². The molecule has 15 heavy (non-hydrogen) atoms. The number of ether oxygens (including phenoxy) is 1. The standard InChI is InChI=1S/C12H20N2O/c1-9(8-13)14-10(2)11-6-4-5-7-12(11)15-3/h4-7,9-10,14H,8,13H2,1-3H3/t9?,10-/m0/s1. The molecule has 0 spiro atoms. The van der Waals surface area contributed by atoms with Crippen LogP contribution in [0.1, 0.15) is 25.5 Å². The predicted molar refractivity (Wildman–Crippen MR) is 63.1 cm³/mol. The third kappa shape index (κ3) is 3.22. The molecule has 1 rings (SSSR count). The Labute approximate surface area is 91.6 Å². The Morgan fingerprint density at radius 3 is 2.60 bits per heavy atom. The molecule has 84 valence electrons.